The number of fused-ring (bicyclic) bond motifs is 1. The van der Waals surface area contributed by atoms with Crippen molar-refractivity contribution < 1.29 is 9.90 Å². The van der Waals surface area contributed by atoms with E-state index in [-0.39, 0.29) is 24.1 Å². The van der Waals surface area contributed by atoms with E-state index in [1.165, 1.54) is 19.3 Å². The van der Waals surface area contributed by atoms with Crippen molar-refractivity contribution >= 4 is 17.5 Å². The minimum absolute atomic E-state index is 0.0294. The molecule has 2 atom stereocenters. The zero-order chi connectivity index (χ0) is 18.3. The number of hydrogen-bond donors (Lipinski definition) is 1. The standard InChI is InChI=1S/C20H28ClN3O2/c1-20(14-25)13-23(19(26)15-5-7-16(21)8-6-15)12-18-11-22(9-10-24(18)20)17-3-2-4-17/h5-8,17-18,25H,2-4,9-14H2,1H3/t18-,20-/m0/s1. The van der Waals surface area contributed by atoms with Crippen LogP contribution in [0.2, 0.25) is 5.02 Å². The molecule has 1 aliphatic carbocycles. The molecular weight excluding hydrogens is 350 g/mol. The van der Waals surface area contributed by atoms with Gasteiger partial charge in [0.25, 0.3) is 5.91 Å². The van der Waals surface area contributed by atoms with Crippen LogP contribution in [0.15, 0.2) is 24.3 Å². The molecule has 26 heavy (non-hydrogen) atoms. The van der Waals surface area contributed by atoms with Crippen LogP contribution in [0, 0.1) is 0 Å². The lowest BCUT2D eigenvalue weighted by Gasteiger charge is -2.57. The van der Waals surface area contributed by atoms with E-state index >= 15 is 0 Å². The quantitative estimate of drug-likeness (QED) is 0.876. The van der Waals surface area contributed by atoms with Crippen LogP contribution in [0.3, 0.4) is 0 Å². The van der Waals surface area contributed by atoms with Crippen LogP contribution < -0.4 is 0 Å². The molecule has 0 radical (unpaired) electrons. The minimum Gasteiger partial charge on any atom is -0.394 e. The van der Waals surface area contributed by atoms with Gasteiger partial charge in [-0.2, -0.15) is 0 Å². The zero-order valence-corrected chi connectivity index (χ0v) is 16.2. The van der Waals surface area contributed by atoms with Gasteiger partial charge in [-0.1, -0.05) is 18.0 Å². The number of halogens is 1. The summed E-state index contributed by atoms with van der Waals surface area (Å²) >= 11 is 5.96. The van der Waals surface area contributed by atoms with Crippen LogP contribution in [0.4, 0.5) is 0 Å². The molecule has 2 heterocycles. The zero-order valence-electron chi connectivity index (χ0n) is 15.4. The van der Waals surface area contributed by atoms with E-state index in [9.17, 15) is 9.90 Å². The van der Waals surface area contributed by atoms with Gasteiger partial charge in [-0.25, -0.2) is 0 Å². The van der Waals surface area contributed by atoms with Crippen molar-refractivity contribution in [2.24, 2.45) is 0 Å². The first kappa shape index (κ1) is 18.2. The topological polar surface area (TPSA) is 47.0 Å². The van der Waals surface area contributed by atoms with Crippen LogP contribution in [0.5, 0.6) is 0 Å². The molecule has 2 saturated heterocycles. The number of carbonyl (C=O) groups excluding carboxylic acids is 1. The fraction of sp³-hybridized carbons (Fsp3) is 0.650. The Bertz CT molecular complexity index is 664. The van der Waals surface area contributed by atoms with Crippen LogP contribution in [0.25, 0.3) is 0 Å². The Hall–Kier alpha value is -1.14. The maximum Gasteiger partial charge on any atom is 0.253 e. The lowest BCUT2D eigenvalue weighted by Crippen LogP contribution is -2.73. The largest absolute Gasteiger partial charge is 0.394 e. The Morgan fingerprint density at radius 2 is 1.92 bits per heavy atom. The Balaban J connectivity index is 1.53. The van der Waals surface area contributed by atoms with Crippen molar-refractivity contribution in [3.63, 3.8) is 0 Å². The Kier molecular flexibility index (Phi) is 4.99. The lowest BCUT2D eigenvalue weighted by atomic mass is 9.87. The van der Waals surface area contributed by atoms with Gasteiger partial charge in [0.15, 0.2) is 0 Å². The smallest absolute Gasteiger partial charge is 0.253 e. The van der Waals surface area contributed by atoms with Gasteiger partial charge in [0, 0.05) is 55.4 Å². The summed E-state index contributed by atoms with van der Waals surface area (Å²) in [6.45, 7) is 6.47. The number of aliphatic hydroxyl groups is 1. The maximum absolute atomic E-state index is 13.0. The predicted octanol–water partition coefficient (Wildman–Crippen LogP) is 2.09. The van der Waals surface area contributed by atoms with Gasteiger partial charge in [-0.3, -0.25) is 14.6 Å². The molecule has 0 spiro atoms. The van der Waals surface area contributed by atoms with Crippen molar-refractivity contribution in [1.82, 2.24) is 14.7 Å². The van der Waals surface area contributed by atoms with Crippen molar-refractivity contribution in [3.05, 3.63) is 34.9 Å². The fourth-order valence-corrected chi connectivity index (χ4v) is 4.85. The van der Waals surface area contributed by atoms with Gasteiger partial charge in [0.1, 0.15) is 0 Å². The number of amides is 1. The van der Waals surface area contributed by atoms with E-state index in [2.05, 4.69) is 16.7 Å². The number of rotatable bonds is 3. The fourth-order valence-electron chi connectivity index (χ4n) is 4.72. The first-order valence-electron chi connectivity index (χ1n) is 9.67. The molecule has 0 aromatic heterocycles. The summed E-state index contributed by atoms with van der Waals surface area (Å²) in [5.74, 6) is 0.0294. The first-order chi connectivity index (χ1) is 12.5. The van der Waals surface area contributed by atoms with Gasteiger partial charge >= 0.3 is 0 Å². The van der Waals surface area contributed by atoms with Gasteiger partial charge in [-0.15, -0.1) is 0 Å². The average Bonchev–Trinajstić information content (AvgIpc) is 2.60. The Labute approximate surface area is 160 Å². The molecule has 3 aliphatic rings. The summed E-state index contributed by atoms with van der Waals surface area (Å²) in [4.78, 5) is 20.0. The van der Waals surface area contributed by atoms with Crippen molar-refractivity contribution in [2.75, 3.05) is 39.3 Å². The minimum atomic E-state index is -0.378. The molecule has 3 fully saturated rings. The van der Waals surface area contributed by atoms with Crippen LogP contribution >= 0.6 is 11.6 Å². The molecule has 1 amide bonds. The van der Waals surface area contributed by atoms with E-state index in [4.69, 9.17) is 11.6 Å². The SMILES string of the molecule is C[C@@]1(CO)CN(C(=O)c2ccc(Cl)cc2)C[C@@H]2CN(C3CCC3)CCN21. The molecule has 142 valence electrons. The second-order valence-corrected chi connectivity index (χ2v) is 8.71. The monoisotopic (exact) mass is 377 g/mol. The molecule has 0 bridgehead atoms. The number of piperazine rings is 2. The first-order valence-corrected chi connectivity index (χ1v) is 10.0. The molecular formula is C20H28ClN3O2. The normalized spacial score (nSPS) is 30.7. The number of aliphatic hydroxyl groups excluding tert-OH is 1. The third kappa shape index (κ3) is 3.26. The molecule has 1 saturated carbocycles. The van der Waals surface area contributed by atoms with Crippen molar-refractivity contribution in [2.45, 2.75) is 43.8 Å². The highest BCUT2D eigenvalue weighted by Crippen LogP contribution is 2.33. The highest BCUT2D eigenvalue weighted by molar-refractivity contribution is 6.30. The van der Waals surface area contributed by atoms with Gasteiger partial charge in [0.05, 0.1) is 12.1 Å². The van der Waals surface area contributed by atoms with E-state index in [1.54, 1.807) is 24.3 Å². The molecule has 6 heteroatoms. The van der Waals surface area contributed by atoms with Crippen LogP contribution in [-0.4, -0.2) is 82.7 Å². The van der Waals surface area contributed by atoms with Crippen molar-refractivity contribution in [3.8, 4) is 0 Å². The number of nitrogens with zero attached hydrogens (tertiary/aromatic N) is 3. The lowest BCUT2D eigenvalue weighted by molar-refractivity contribution is -0.0942. The molecule has 0 unspecified atom stereocenters. The van der Waals surface area contributed by atoms with Crippen molar-refractivity contribution in [1.29, 1.82) is 0 Å². The summed E-state index contributed by atoms with van der Waals surface area (Å²) in [7, 11) is 0. The van der Waals surface area contributed by atoms with Crippen LogP contribution in [-0.2, 0) is 0 Å². The highest BCUT2D eigenvalue weighted by Gasteiger charge is 2.47. The summed E-state index contributed by atoms with van der Waals surface area (Å²) < 4.78 is 0. The second-order valence-electron chi connectivity index (χ2n) is 8.27. The van der Waals surface area contributed by atoms with E-state index in [1.807, 2.05) is 4.90 Å². The number of benzene rings is 1. The van der Waals surface area contributed by atoms with E-state index in [0.717, 1.165) is 32.2 Å². The molecule has 1 aromatic rings. The summed E-state index contributed by atoms with van der Waals surface area (Å²) in [6.07, 6.45) is 3.94. The second kappa shape index (κ2) is 7.12. The Morgan fingerprint density at radius 1 is 1.19 bits per heavy atom. The molecule has 4 rings (SSSR count). The Morgan fingerprint density at radius 3 is 2.54 bits per heavy atom. The third-order valence-corrected chi connectivity index (χ3v) is 6.73. The van der Waals surface area contributed by atoms with Gasteiger partial charge < -0.3 is 10.0 Å². The summed E-state index contributed by atoms with van der Waals surface area (Å²) in [5.41, 5.74) is 0.284. The van der Waals surface area contributed by atoms with Gasteiger partial charge in [-0.05, 0) is 44.0 Å². The molecule has 2 aliphatic heterocycles. The highest BCUT2D eigenvalue weighted by atomic mass is 35.5. The maximum atomic E-state index is 13.0. The number of hydrogen-bond acceptors (Lipinski definition) is 4. The van der Waals surface area contributed by atoms with E-state index in [0.29, 0.717) is 17.1 Å². The predicted molar refractivity (Wildman–Crippen MR) is 103 cm³/mol. The number of carbonyl (C=O) groups is 1. The van der Waals surface area contributed by atoms with Crippen LogP contribution in [0.1, 0.15) is 36.5 Å². The molecule has 1 N–H and O–H groups in total. The summed E-state index contributed by atoms with van der Waals surface area (Å²) in [6, 6.07) is 8.10. The van der Waals surface area contributed by atoms with E-state index < -0.39 is 0 Å². The molecule has 5 nitrogen and oxygen atoms in total. The molecule has 1 aromatic carbocycles. The van der Waals surface area contributed by atoms with Gasteiger partial charge in [0.2, 0.25) is 0 Å². The average molecular weight is 378 g/mol. The third-order valence-electron chi connectivity index (χ3n) is 6.48. The summed E-state index contributed by atoms with van der Waals surface area (Å²) in [5, 5.41) is 10.8.